The van der Waals surface area contributed by atoms with E-state index in [-0.39, 0.29) is 31.1 Å². The molecule has 3 heterocycles. The van der Waals surface area contributed by atoms with Gasteiger partial charge in [-0.1, -0.05) is 103 Å². The minimum absolute atomic E-state index is 0.0371. The fourth-order valence-corrected chi connectivity index (χ4v) is 7.37. The summed E-state index contributed by atoms with van der Waals surface area (Å²) >= 11 is 1.57. The second kappa shape index (κ2) is 18.2. The number of carboxylic acid groups (broad SMARTS) is 1. The van der Waals surface area contributed by atoms with Gasteiger partial charge in [0.1, 0.15) is 29.9 Å². The summed E-state index contributed by atoms with van der Waals surface area (Å²) in [7, 11) is 0. The van der Waals surface area contributed by atoms with Gasteiger partial charge < -0.3 is 31.1 Å². The number of hydrogen-bond acceptors (Lipinski definition) is 7. The monoisotopic (exact) mass is 746 g/mol. The summed E-state index contributed by atoms with van der Waals surface area (Å²) in [5.41, 5.74) is 4.09. The van der Waals surface area contributed by atoms with Gasteiger partial charge in [-0.3, -0.25) is 19.2 Å². The number of carbonyl (C=O) groups is 5. The number of carbonyl (C=O) groups excluding carboxylic acids is 4. The third-order valence-corrected chi connectivity index (χ3v) is 10.4. The standard InChI is InChI=1S/C42H42N4O7S/c47-38-26-53-32-19-15-29(16-20-32)24-37(42(51)52)46-40(49)34(22-27-8-3-1-4-9-27)44-39(48)35(45-41(50)36(43-38)25-33-12-7-21-54-33)23-28-13-17-31(18-14-28)30-10-5-2-6-11-30/h1-11,13-21,33-37H,12,22-26H2,(H,43,47)(H,44,48)(H,45,50)(H,46,49)(H,51,52)/t33?,34-,35+,36+,37+/m1/s1. The third-order valence-electron chi connectivity index (χ3n) is 9.31. The molecule has 5 N–H and O–H groups in total. The van der Waals surface area contributed by atoms with E-state index in [1.165, 1.54) is 0 Å². The Morgan fingerprint density at radius 1 is 0.667 bits per heavy atom. The van der Waals surface area contributed by atoms with Crippen LogP contribution in [0.15, 0.2) is 121 Å². The average molecular weight is 747 g/mol. The molecule has 2 bridgehead atoms. The van der Waals surface area contributed by atoms with Crippen molar-refractivity contribution < 1.29 is 33.8 Å². The lowest BCUT2D eigenvalue weighted by atomic mass is 9.99. The summed E-state index contributed by atoms with van der Waals surface area (Å²) in [5, 5.41) is 23.2. The Labute approximate surface area is 318 Å². The molecule has 0 radical (unpaired) electrons. The van der Waals surface area contributed by atoms with Crippen LogP contribution < -0.4 is 26.0 Å². The molecule has 0 aromatic heterocycles. The van der Waals surface area contributed by atoms with Gasteiger partial charge in [-0.15, -0.1) is 11.8 Å². The Bertz CT molecular complexity index is 1950. The summed E-state index contributed by atoms with van der Waals surface area (Å²) < 4.78 is 5.70. The Hall–Kier alpha value is -5.88. The summed E-state index contributed by atoms with van der Waals surface area (Å²) in [4.78, 5) is 67.9. The van der Waals surface area contributed by atoms with Gasteiger partial charge in [0.2, 0.25) is 17.7 Å². The maximum Gasteiger partial charge on any atom is 0.326 e. The zero-order valence-corrected chi connectivity index (χ0v) is 30.3. The number of nitrogens with one attached hydrogen (secondary N) is 4. The molecule has 0 fully saturated rings. The molecule has 0 saturated carbocycles. The molecule has 278 valence electrons. The fourth-order valence-electron chi connectivity index (χ4n) is 6.40. The number of benzene rings is 4. The van der Waals surface area contributed by atoms with Gasteiger partial charge in [-0.2, -0.15) is 0 Å². The molecule has 1 unspecified atom stereocenters. The largest absolute Gasteiger partial charge is 0.484 e. The highest BCUT2D eigenvalue weighted by Crippen LogP contribution is 2.28. The van der Waals surface area contributed by atoms with Crippen LogP contribution in [0.5, 0.6) is 5.75 Å². The third kappa shape index (κ3) is 10.6. The van der Waals surface area contributed by atoms with Crippen molar-refractivity contribution in [2.24, 2.45) is 0 Å². The molecule has 0 spiro atoms. The molecular formula is C42H42N4O7S. The number of fused-ring (bicyclic) bond motifs is 16. The maximum atomic E-state index is 14.3. The zero-order chi connectivity index (χ0) is 37.9. The first-order valence-corrected chi connectivity index (χ1v) is 18.8. The molecule has 5 atom stereocenters. The van der Waals surface area contributed by atoms with Crippen molar-refractivity contribution in [1.29, 1.82) is 0 Å². The van der Waals surface area contributed by atoms with E-state index in [9.17, 15) is 29.1 Å². The highest BCUT2D eigenvalue weighted by molar-refractivity contribution is 8.03. The summed E-state index contributed by atoms with van der Waals surface area (Å²) in [5.74, 6) is -3.29. The summed E-state index contributed by atoms with van der Waals surface area (Å²) in [6.45, 7) is -0.369. The lowest BCUT2D eigenvalue weighted by Crippen LogP contribution is -2.59. The van der Waals surface area contributed by atoms with Crippen LogP contribution >= 0.6 is 11.8 Å². The summed E-state index contributed by atoms with van der Waals surface area (Å²) in [6.07, 6.45) is 3.13. The van der Waals surface area contributed by atoms with E-state index in [1.807, 2.05) is 84.3 Å². The quantitative estimate of drug-likeness (QED) is 0.168. The minimum Gasteiger partial charge on any atom is -0.484 e. The van der Waals surface area contributed by atoms with E-state index in [1.54, 1.807) is 48.2 Å². The number of aliphatic carboxylic acids is 1. The van der Waals surface area contributed by atoms with Crippen LogP contribution in [0.25, 0.3) is 11.1 Å². The van der Waals surface area contributed by atoms with Crippen molar-refractivity contribution in [2.45, 2.75) is 61.5 Å². The molecule has 7 rings (SSSR count). The lowest BCUT2D eigenvalue weighted by molar-refractivity contribution is -0.142. The van der Waals surface area contributed by atoms with E-state index in [0.29, 0.717) is 17.7 Å². The second-order valence-corrected chi connectivity index (χ2v) is 14.5. The molecule has 3 aliphatic heterocycles. The van der Waals surface area contributed by atoms with E-state index >= 15 is 0 Å². The predicted molar refractivity (Wildman–Crippen MR) is 206 cm³/mol. The van der Waals surface area contributed by atoms with E-state index in [4.69, 9.17) is 4.74 Å². The van der Waals surface area contributed by atoms with Crippen LogP contribution in [-0.2, 0) is 43.2 Å². The van der Waals surface area contributed by atoms with Gasteiger partial charge in [0.15, 0.2) is 6.61 Å². The predicted octanol–water partition coefficient (Wildman–Crippen LogP) is 4.21. The SMILES string of the molecule is O=C1COc2ccc(cc2)C[C@@H](C(=O)O)NC(=O)[C@@H](Cc2ccccc2)NC(=O)[C@H](Cc2ccc(-c3ccccc3)cc2)NC(=O)[C@H](CC2CC=CS2)N1. The molecule has 0 aliphatic carbocycles. The van der Waals surface area contributed by atoms with E-state index < -0.39 is 53.8 Å². The first-order valence-electron chi connectivity index (χ1n) is 17.8. The van der Waals surface area contributed by atoms with Crippen LogP contribution in [-0.4, -0.2) is 70.7 Å². The first kappa shape index (κ1) is 37.9. The fraction of sp³-hybridized carbons (Fsp3) is 0.262. The lowest BCUT2D eigenvalue weighted by Gasteiger charge is -2.27. The van der Waals surface area contributed by atoms with E-state index in [2.05, 4.69) is 21.3 Å². The Kier molecular flexibility index (Phi) is 12.8. The average Bonchev–Trinajstić information content (AvgIpc) is 3.70. The van der Waals surface area contributed by atoms with Crippen molar-refractivity contribution >= 4 is 41.4 Å². The molecule has 4 aromatic rings. The number of ether oxygens (including phenoxy) is 1. The van der Waals surface area contributed by atoms with Crippen molar-refractivity contribution in [2.75, 3.05) is 6.61 Å². The van der Waals surface area contributed by atoms with Gasteiger partial charge in [-0.05, 0) is 58.2 Å². The molecule has 3 aliphatic rings. The number of allylic oxidation sites excluding steroid dienone is 1. The van der Waals surface area contributed by atoms with Crippen LogP contribution in [0.1, 0.15) is 29.5 Å². The van der Waals surface area contributed by atoms with Gasteiger partial charge in [0.05, 0.1) is 0 Å². The molecule has 11 nitrogen and oxygen atoms in total. The number of amides is 4. The number of rotatable bonds is 8. The van der Waals surface area contributed by atoms with Crippen molar-refractivity contribution in [3.8, 4) is 16.9 Å². The van der Waals surface area contributed by atoms with Crippen LogP contribution in [0.2, 0.25) is 0 Å². The molecule has 12 heteroatoms. The van der Waals surface area contributed by atoms with Crippen LogP contribution in [0.4, 0.5) is 0 Å². The van der Waals surface area contributed by atoms with Crippen LogP contribution in [0, 0.1) is 0 Å². The Balaban J connectivity index is 1.33. The molecule has 0 saturated heterocycles. The Morgan fingerprint density at radius 2 is 1.24 bits per heavy atom. The van der Waals surface area contributed by atoms with Gasteiger partial charge in [-0.25, -0.2) is 4.79 Å². The number of thioether (sulfide) groups is 1. The van der Waals surface area contributed by atoms with Crippen molar-refractivity contribution in [1.82, 2.24) is 21.3 Å². The Morgan fingerprint density at radius 3 is 1.85 bits per heavy atom. The minimum atomic E-state index is -1.31. The molecule has 4 aromatic carbocycles. The summed E-state index contributed by atoms with van der Waals surface area (Å²) in [6, 6.07) is 28.4. The highest BCUT2D eigenvalue weighted by Gasteiger charge is 2.33. The van der Waals surface area contributed by atoms with Gasteiger partial charge in [0, 0.05) is 24.5 Å². The van der Waals surface area contributed by atoms with Crippen molar-refractivity contribution in [3.05, 3.63) is 137 Å². The molecule has 4 amide bonds. The highest BCUT2D eigenvalue weighted by atomic mass is 32.2. The van der Waals surface area contributed by atoms with E-state index in [0.717, 1.165) is 28.7 Å². The number of carboxylic acids is 1. The van der Waals surface area contributed by atoms with Gasteiger partial charge >= 0.3 is 5.97 Å². The van der Waals surface area contributed by atoms with Gasteiger partial charge in [0.25, 0.3) is 5.91 Å². The normalized spacial score (nSPS) is 22.4. The van der Waals surface area contributed by atoms with Crippen LogP contribution in [0.3, 0.4) is 0 Å². The second-order valence-electron chi connectivity index (χ2n) is 13.3. The van der Waals surface area contributed by atoms with Crippen molar-refractivity contribution in [3.63, 3.8) is 0 Å². The topological polar surface area (TPSA) is 163 Å². The first-order chi connectivity index (χ1) is 26.2. The zero-order valence-electron chi connectivity index (χ0n) is 29.5. The maximum absolute atomic E-state index is 14.3. The number of hydrogen-bond donors (Lipinski definition) is 5. The molecular weight excluding hydrogens is 705 g/mol. The smallest absolute Gasteiger partial charge is 0.326 e. The molecule has 54 heavy (non-hydrogen) atoms.